The molecule has 8 unspecified atom stereocenters. The molecular formula is C122H146F4HfN2O4Zr-4. The Bertz CT molecular complexity index is 5450. The maximum Gasteiger partial charge on any atom is 0.127 e. The fourth-order valence-corrected chi connectivity index (χ4v) is 34.8. The Kier molecular flexibility index (Phi) is 26.4. The number of halogens is 4. The van der Waals surface area contributed by atoms with Crippen molar-refractivity contribution in [3.63, 3.8) is 0 Å². The van der Waals surface area contributed by atoms with Crippen molar-refractivity contribution in [3.05, 3.63) is 255 Å². The van der Waals surface area contributed by atoms with Gasteiger partial charge in [0, 0.05) is 140 Å². The molecule has 0 aliphatic heterocycles. The van der Waals surface area contributed by atoms with Gasteiger partial charge in [0.15, 0.2) is 0 Å². The Morgan fingerprint density at radius 3 is 0.590 bits per heavy atom. The fraction of sp³-hybridized carbons (Fsp3) is 0.492. The summed E-state index contributed by atoms with van der Waals surface area (Å²) in [6.45, 7) is 36.7. The average Bonchev–Trinajstić information content (AvgIpc) is 0.708. The van der Waals surface area contributed by atoms with Crippen molar-refractivity contribution in [2.24, 2.45) is 67.0 Å². The number of hydrogen-bond acceptors (Lipinski definition) is 6. The van der Waals surface area contributed by atoms with Crippen molar-refractivity contribution in [1.82, 2.24) is 9.97 Å². The molecule has 0 amide bonds. The van der Waals surface area contributed by atoms with Crippen molar-refractivity contribution in [3.8, 4) is 113 Å². The van der Waals surface area contributed by atoms with E-state index < -0.39 is 0 Å². The van der Waals surface area contributed by atoms with Gasteiger partial charge in [0.25, 0.3) is 0 Å². The van der Waals surface area contributed by atoms with Crippen LogP contribution in [-0.4, -0.2) is 30.4 Å². The van der Waals surface area contributed by atoms with E-state index in [-0.39, 0.29) is 217 Å². The summed E-state index contributed by atoms with van der Waals surface area (Å²) < 4.78 is 65.1. The van der Waals surface area contributed by atoms with Crippen LogP contribution < -0.4 is 0 Å². The second-order valence-electron chi connectivity index (χ2n) is 49.7. The van der Waals surface area contributed by atoms with E-state index in [1.54, 1.807) is 24.3 Å². The zero-order valence-corrected chi connectivity index (χ0v) is 89.8. The third-order valence-corrected chi connectivity index (χ3v) is 35.7. The molecule has 0 saturated heterocycles. The number of aromatic hydroxyl groups is 4. The van der Waals surface area contributed by atoms with Crippen molar-refractivity contribution in [1.29, 1.82) is 0 Å². The molecule has 6 nitrogen and oxygen atoms in total. The van der Waals surface area contributed by atoms with E-state index >= 15 is 17.6 Å². The van der Waals surface area contributed by atoms with Gasteiger partial charge in [-0.1, -0.05) is 171 Å². The molecule has 4 N–H and O–H groups in total. The van der Waals surface area contributed by atoms with Gasteiger partial charge in [-0.3, -0.25) is 0 Å². The molecule has 708 valence electrons. The van der Waals surface area contributed by atoms with Gasteiger partial charge in [-0.2, -0.15) is 0 Å². The number of phenols is 4. The maximum absolute atomic E-state index is 16.3. The van der Waals surface area contributed by atoms with E-state index in [4.69, 9.17) is 9.97 Å². The third kappa shape index (κ3) is 17.2. The van der Waals surface area contributed by atoms with E-state index in [0.29, 0.717) is 68.7 Å². The smallest absolute Gasteiger partial charge is 0.127 e. The SMILES string of the molecule is CC(C)c1ccc(-c2cc(F)cc(C34CC5CC(C)(CC(C)(C5)C3)C4)c2O)c(-c2cccc(-c3cc(C(C)C)ccc3-c3cc(F)cc(C45CC6CC(C)(CC(C)(C6)C4)C5)c3O)n2)c1.CC(C)c1ccc(-c2cc(F)cc(C34CC5CC(C)(CC(C)(C5)C3)C4)c2O)c(-c2cccc(-c3cc(C(C)C)ccc3-c3cc(F)cc(C45CC6CC(C)(CC(C)(C6)C4)C5)c3O)n2)c1.[CH3-].[CH3-].[CH3-].[CH3-].[Hf].[Zr]. The Labute approximate surface area is 838 Å². The summed E-state index contributed by atoms with van der Waals surface area (Å²) in [5.41, 5.74) is 19.2. The molecule has 2 aromatic heterocycles. The molecule has 10 aromatic rings. The summed E-state index contributed by atoms with van der Waals surface area (Å²) in [4.78, 5) is 10.9. The first-order chi connectivity index (χ1) is 60.3. The standard InChI is InChI=1S/2C59H67F2NO2.4CH3.Hf.Zr/c2*1-34(2)38-12-14-42(46-18-40(60)20-48(52(46)63)58-26-36-22-54(5,30-58)28-55(6,23-36)31-58)44(16-38)50-10-9-11-51(62-50)45-17-39(35(3)4)13-15-43(45)47-19-41(61)21-49(53(47)64)59-27-37-24-56(7,32-59)29-57(8,25-37)33-59;;;;;;/h2*9-21,34-37,63-64H,22-33H2,1-8H3;4*1H3;;/q;;4*-1;;. The van der Waals surface area contributed by atoms with Crippen molar-refractivity contribution in [2.45, 2.75) is 310 Å². The minimum atomic E-state index is -0.324. The number of hydrogen-bond donors (Lipinski definition) is 4. The summed E-state index contributed by atoms with van der Waals surface area (Å²) in [5, 5.41) is 50.2. The summed E-state index contributed by atoms with van der Waals surface area (Å²) in [5.74, 6) is 2.73. The summed E-state index contributed by atoms with van der Waals surface area (Å²) in [6, 6.07) is 49.8. The number of aromatic nitrogens is 2. The van der Waals surface area contributed by atoms with Crippen LogP contribution in [0, 0.1) is 120 Å². The molecule has 8 atom stereocenters. The van der Waals surface area contributed by atoms with Crippen molar-refractivity contribution in [2.75, 3.05) is 0 Å². The molecule has 2 heterocycles. The zero-order valence-electron chi connectivity index (χ0n) is 83.8. The van der Waals surface area contributed by atoms with Gasteiger partial charge in [-0.25, -0.2) is 27.5 Å². The van der Waals surface area contributed by atoms with Crippen LogP contribution in [0.25, 0.3) is 89.5 Å². The summed E-state index contributed by atoms with van der Waals surface area (Å²) >= 11 is 0. The van der Waals surface area contributed by atoms with Crippen LogP contribution in [0.4, 0.5) is 17.6 Å². The molecule has 16 saturated carbocycles. The first-order valence-electron chi connectivity index (χ1n) is 49.0. The zero-order chi connectivity index (χ0) is 89.9. The van der Waals surface area contributed by atoms with Gasteiger partial charge in [-0.15, -0.1) is 0 Å². The van der Waals surface area contributed by atoms with Crippen molar-refractivity contribution >= 4 is 0 Å². The second-order valence-corrected chi connectivity index (χ2v) is 49.7. The van der Waals surface area contributed by atoms with E-state index in [9.17, 15) is 20.4 Å². The average molecular weight is 2050 g/mol. The van der Waals surface area contributed by atoms with Gasteiger partial charge < -0.3 is 50.1 Å². The third-order valence-electron chi connectivity index (χ3n) is 35.7. The minimum Gasteiger partial charge on any atom is -0.507 e. The first-order valence-corrected chi connectivity index (χ1v) is 49.0. The summed E-state index contributed by atoms with van der Waals surface area (Å²) in [6.07, 6.45) is 26.4. The molecule has 16 aliphatic carbocycles. The predicted molar refractivity (Wildman–Crippen MR) is 537 cm³/mol. The monoisotopic (exact) mass is 2050 g/mol. The Balaban J connectivity index is 0.000000196. The molecule has 16 fully saturated rings. The van der Waals surface area contributed by atoms with Crippen LogP contribution in [0.2, 0.25) is 0 Å². The van der Waals surface area contributed by atoms with Crippen LogP contribution in [-0.2, 0) is 73.7 Å². The van der Waals surface area contributed by atoms with E-state index in [1.807, 2.05) is 60.7 Å². The summed E-state index contributed by atoms with van der Waals surface area (Å²) in [7, 11) is 0. The van der Waals surface area contributed by atoms with Crippen molar-refractivity contribution < 1.29 is 90.0 Å². The largest absolute Gasteiger partial charge is 0.507 e. The quantitative estimate of drug-likeness (QED) is 0.0436. The Morgan fingerprint density at radius 1 is 0.246 bits per heavy atom. The number of nitrogens with zero attached hydrogens (tertiary/aromatic N) is 2. The number of benzene rings is 8. The van der Waals surface area contributed by atoms with Gasteiger partial charge in [-0.05, 0) is 386 Å². The number of phenolic OH excluding ortho intramolecular Hbond substituents is 4. The van der Waals surface area contributed by atoms with Gasteiger partial charge in [0.2, 0.25) is 0 Å². The Morgan fingerprint density at radius 2 is 0.425 bits per heavy atom. The normalized spacial score (nSPS) is 32.0. The minimum absolute atomic E-state index is 0. The molecule has 8 aromatic carbocycles. The van der Waals surface area contributed by atoms with Crippen LogP contribution in [0.1, 0.15) is 333 Å². The Hall–Kier alpha value is -7.27. The molecule has 0 spiro atoms. The topological polar surface area (TPSA) is 107 Å². The maximum atomic E-state index is 16.3. The van der Waals surface area contributed by atoms with Crippen LogP contribution in [0.5, 0.6) is 23.0 Å². The van der Waals surface area contributed by atoms with E-state index in [1.165, 1.54) is 101 Å². The molecule has 12 heteroatoms. The molecular weight excluding hydrogens is 1900 g/mol. The van der Waals surface area contributed by atoms with E-state index in [0.717, 1.165) is 166 Å². The molecule has 16 bridgehead atoms. The van der Waals surface area contributed by atoms with E-state index in [2.05, 4.69) is 159 Å². The van der Waals surface area contributed by atoms with Gasteiger partial charge in [0.1, 0.15) is 46.3 Å². The number of rotatable bonds is 16. The fourth-order valence-electron chi connectivity index (χ4n) is 34.8. The van der Waals surface area contributed by atoms with Crippen LogP contribution in [0.3, 0.4) is 0 Å². The number of pyridine rings is 2. The van der Waals surface area contributed by atoms with Crippen LogP contribution >= 0.6 is 0 Å². The molecule has 26 rings (SSSR count). The second kappa shape index (κ2) is 34.9. The molecule has 16 aliphatic rings. The first kappa shape index (κ1) is 101. The molecule has 0 radical (unpaired) electrons. The van der Waals surface area contributed by atoms with Crippen LogP contribution in [0.15, 0.2) is 158 Å². The van der Waals surface area contributed by atoms with Gasteiger partial charge >= 0.3 is 0 Å². The van der Waals surface area contributed by atoms with Gasteiger partial charge in [0.05, 0.1) is 22.8 Å². The predicted octanol–water partition coefficient (Wildman–Crippen LogP) is 34.2. The molecule has 134 heavy (non-hydrogen) atoms.